The molecule has 0 atom stereocenters. The molecule has 0 aliphatic heterocycles. The number of hydrogen-bond donors (Lipinski definition) is 1. The van der Waals surface area contributed by atoms with Gasteiger partial charge in [0, 0.05) is 24.8 Å². The Hall–Kier alpha value is -0.600. The van der Waals surface area contributed by atoms with Crippen LogP contribution < -0.4 is 5.32 Å². The Bertz CT molecular complexity index is 289. The molecule has 0 amide bonds. The summed E-state index contributed by atoms with van der Waals surface area (Å²) in [7, 11) is 0. The minimum Gasteiger partial charge on any atom is -0.313 e. The molecule has 0 spiro atoms. The molecule has 0 aromatic carbocycles. The normalized spacial score (nSPS) is 10.6. The number of unbranched alkanes of at least 4 members (excludes halogenated alkanes) is 3. The first-order chi connectivity index (χ1) is 7.83. The van der Waals surface area contributed by atoms with E-state index in [1.807, 2.05) is 12.4 Å². The summed E-state index contributed by atoms with van der Waals surface area (Å²) in [6.07, 6.45) is 8.70. The average Bonchev–Trinajstić information content (AvgIpc) is 2.28. The van der Waals surface area contributed by atoms with E-state index in [0.29, 0.717) is 0 Å². The summed E-state index contributed by atoms with van der Waals surface area (Å²) in [4.78, 5) is 4.17. The van der Waals surface area contributed by atoms with Crippen LogP contribution in [-0.2, 0) is 6.54 Å². The van der Waals surface area contributed by atoms with E-state index in [4.69, 9.17) is 11.6 Å². The number of aryl methyl sites for hydroxylation is 1. The molecule has 0 bridgehead atoms. The van der Waals surface area contributed by atoms with Crippen LogP contribution in [0.2, 0.25) is 0 Å². The third-order valence-corrected chi connectivity index (χ3v) is 2.77. The number of pyridine rings is 1. The standard InChI is InChI=1S/C13H21ClN2/c1-12-8-13(11-16-9-12)10-15-7-5-3-2-4-6-14/h8-9,11,15H,2-7,10H2,1H3. The molecule has 1 rings (SSSR count). The zero-order valence-corrected chi connectivity index (χ0v) is 10.8. The Labute approximate surface area is 103 Å². The average molecular weight is 241 g/mol. The van der Waals surface area contributed by atoms with Gasteiger partial charge >= 0.3 is 0 Å². The van der Waals surface area contributed by atoms with E-state index in [9.17, 15) is 0 Å². The van der Waals surface area contributed by atoms with Crippen molar-refractivity contribution in [3.63, 3.8) is 0 Å². The lowest BCUT2D eigenvalue weighted by Crippen LogP contribution is -2.14. The molecule has 3 heteroatoms. The smallest absolute Gasteiger partial charge is 0.0313 e. The molecule has 0 radical (unpaired) electrons. The minimum atomic E-state index is 0.794. The van der Waals surface area contributed by atoms with E-state index < -0.39 is 0 Å². The van der Waals surface area contributed by atoms with Gasteiger partial charge < -0.3 is 5.32 Å². The third-order valence-electron chi connectivity index (χ3n) is 2.50. The summed E-state index contributed by atoms with van der Waals surface area (Å²) in [6, 6.07) is 2.17. The fourth-order valence-electron chi connectivity index (χ4n) is 1.64. The number of alkyl halides is 1. The molecule has 0 saturated carbocycles. The first-order valence-corrected chi connectivity index (χ1v) is 6.53. The van der Waals surface area contributed by atoms with Gasteiger partial charge in [0.15, 0.2) is 0 Å². The van der Waals surface area contributed by atoms with E-state index in [2.05, 4.69) is 23.3 Å². The molecule has 0 unspecified atom stereocenters. The van der Waals surface area contributed by atoms with Crippen LogP contribution in [0.25, 0.3) is 0 Å². The van der Waals surface area contributed by atoms with Gasteiger partial charge in [0.1, 0.15) is 0 Å². The van der Waals surface area contributed by atoms with Crippen LogP contribution in [0.3, 0.4) is 0 Å². The van der Waals surface area contributed by atoms with E-state index in [1.54, 1.807) is 0 Å². The minimum absolute atomic E-state index is 0.794. The molecular formula is C13H21ClN2. The predicted molar refractivity (Wildman–Crippen MR) is 69.9 cm³/mol. The van der Waals surface area contributed by atoms with Gasteiger partial charge in [0.2, 0.25) is 0 Å². The van der Waals surface area contributed by atoms with Crippen LogP contribution in [-0.4, -0.2) is 17.4 Å². The molecule has 1 heterocycles. The molecule has 1 aromatic heterocycles. The number of halogens is 1. The molecule has 1 aromatic rings. The Morgan fingerprint density at radius 2 is 2.00 bits per heavy atom. The number of rotatable bonds is 8. The van der Waals surface area contributed by atoms with E-state index in [1.165, 1.54) is 30.4 Å². The van der Waals surface area contributed by atoms with E-state index >= 15 is 0 Å². The van der Waals surface area contributed by atoms with Crippen molar-refractivity contribution in [1.82, 2.24) is 10.3 Å². The van der Waals surface area contributed by atoms with Crippen molar-refractivity contribution in [3.05, 3.63) is 29.6 Å². The van der Waals surface area contributed by atoms with Crippen LogP contribution in [0.5, 0.6) is 0 Å². The van der Waals surface area contributed by atoms with Crippen molar-refractivity contribution >= 4 is 11.6 Å². The van der Waals surface area contributed by atoms with Crippen molar-refractivity contribution in [3.8, 4) is 0 Å². The summed E-state index contributed by atoms with van der Waals surface area (Å²) in [5.41, 5.74) is 2.49. The SMILES string of the molecule is Cc1cncc(CNCCCCCCCl)c1. The first-order valence-electron chi connectivity index (χ1n) is 6.00. The summed E-state index contributed by atoms with van der Waals surface area (Å²) >= 11 is 5.61. The summed E-state index contributed by atoms with van der Waals surface area (Å²) < 4.78 is 0. The maximum Gasteiger partial charge on any atom is 0.0313 e. The van der Waals surface area contributed by atoms with Crippen LogP contribution in [0.1, 0.15) is 36.8 Å². The van der Waals surface area contributed by atoms with Gasteiger partial charge in [-0.3, -0.25) is 4.98 Å². The highest BCUT2D eigenvalue weighted by atomic mass is 35.5. The predicted octanol–water partition coefficient (Wildman–Crippen LogP) is 3.28. The zero-order valence-electron chi connectivity index (χ0n) is 10.0. The first kappa shape index (κ1) is 13.5. The molecule has 1 N–H and O–H groups in total. The summed E-state index contributed by atoms with van der Waals surface area (Å²) in [6.45, 7) is 4.07. The number of aromatic nitrogens is 1. The van der Waals surface area contributed by atoms with Crippen molar-refractivity contribution in [2.45, 2.75) is 39.2 Å². The largest absolute Gasteiger partial charge is 0.313 e. The Morgan fingerprint density at radius 1 is 1.19 bits per heavy atom. The van der Waals surface area contributed by atoms with Crippen molar-refractivity contribution < 1.29 is 0 Å². The Morgan fingerprint density at radius 3 is 2.75 bits per heavy atom. The topological polar surface area (TPSA) is 24.9 Å². The van der Waals surface area contributed by atoms with Gasteiger partial charge in [0.25, 0.3) is 0 Å². The molecule has 0 aliphatic carbocycles. The summed E-state index contributed by atoms with van der Waals surface area (Å²) in [5, 5.41) is 3.43. The number of nitrogens with zero attached hydrogens (tertiary/aromatic N) is 1. The van der Waals surface area contributed by atoms with Crippen molar-refractivity contribution in [1.29, 1.82) is 0 Å². The van der Waals surface area contributed by atoms with Crippen LogP contribution in [0.4, 0.5) is 0 Å². The number of nitrogens with one attached hydrogen (secondary N) is 1. The van der Waals surface area contributed by atoms with Gasteiger partial charge in [-0.2, -0.15) is 0 Å². The Kier molecular flexibility index (Phi) is 7.19. The third kappa shape index (κ3) is 6.09. The van der Waals surface area contributed by atoms with Crippen molar-refractivity contribution in [2.24, 2.45) is 0 Å². The van der Waals surface area contributed by atoms with Crippen LogP contribution in [0, 0.1) is 6.92 Å². The van der Waals surface area contributed by atoms with Gasteiger partial charge in [0.05, 0.1) is 0 Å². The fraction of sp³-hybridized carbons (Fsp3) is 0.615. The highest BCUT2D eigenvalue weighted by molar-refractivity contribution is 6.17. The maximum atomic E-state index is 5.61. The van der Waals surface area contributed by atoms with Gasteiger partial charge in [-0.25, -0.2) is 0 Å². The fourth-order valence-corrected chi connectivity index (χ4v) is 1.83. The highest BCUT2D eigenvalue weighted by Crippen LogP contribution is 2.02. The lowest BCUT2D eigenvalue weighted by molar-refractivity contribution is 0.598. The zero-order chi connectivity index (χ0) is 11.6. The molecule has 2 nitrogen and oxygen atoms in total. The molecule has 0 aliphatic rings. The summed E-state index contributed by atoms with van der Waals surface area (Å²) in [5.74, 6) is 0.794. The molecule has 0 fully saturated rings. The van der Waals surface area contributed by atoms with Crippen LogP contribution in [0.15, 0.2) is 18.5 Å². The van der Waals surface area contributed by atoms with Gasteiger partial charge in [-0.1, -0.05) is 18.9 Å². The van der Waals surface area contributed by atoms with Crippen LogP contribution >= 0.6 is 11.6 Å². The molecular weight excluding hydrogens is 220 g/mol. The second-order valence-electron chi connectivity index (χ2n) is 4.15. The molecule has 90 valence electrons. The van der Waals surface area contributed by atoms with E-state index in [-0.39, 0.29) is 0 Å². The maximum absolute atomic E-state index is 5.61. The van der Waals surface area contributed by atoms with Gasteiger partial charge in [-0.05, 0) is 37.4 Å². The van der Waals surface area contributed by atoms with E-state index in [0.717, 1.165) is 25.4 Å². The quantitative estimate of drug-likeness (QED) is 0.557. The Balaban J connectivity index is 2.03. The van der Waals surface area contributed by atoms with Crippen molar-refractivity contribution in [2.75, 3.05) is 12.4 Å². The second-order valence-corrected chi connectivity index (χ2v) is 4.53. The monoisotopic (exact) mass is 240 g/mol. The molecule has 0 saturated heterocycles. The number of hydrogen-bond acceptors (Lipinski definition) is 2. The lowest BCUT2D eigenvalue weighted by atomic mass is 10.2. The second kappa shape index (κ2) is 8.54. The van der Waals surface area contributed by atoms with Gasteiger partial charge in [-0.15, -0.1) is 11.6 Å². The molecule has 16 heavy (non-hydrogen) atoms. The lowest BCUT2D eigenvalue weighted by Gasteiger charge is -2.05. The highest BCUT2D eigenvalue weighted by Gasteiger charge is 1.94.